The second kappa shape index (κ2) is 7.58. The highest BCUT2D eigenvalue weighted by Gasteiger charge is 2.53. The van der Waals surface area contributed by atoms with Gasteiger partial charge >= 0.3 is 0 Å². The summed E-state index contributed by atoms with van der Waals surface area (Å²) in [6, 6.07) is 14.0. The molecule has 1 aromatic heterocycles. The number of carbonyl (C=O) groups excluding carboxylic acids is 1. The molecule has 2 aromatic carbocycles. The lowest BCUT2D eigenvalue weighted by Crippen LogP contribution is -2.49. The summed E-state index contributed by atoms with van der Waals surface area (Å²) in [5.74, 6) is 3.50. The molecule has 5 heteroatoms. The second-order valence-corrected chi connectivity index (χ2v) is 10.2. The molecule has 0 saturated heterocycles. The van der Waals surface area contributed by atoms with Crippen molar-refractivity contribution < 1.29 is 9.53 Å². The van der Waals surface area contributed by atoms with Crippen molar-refractivity contribution >= 4 is 22.9 Å². The fraction of sp³-hybridized carbons (Fsp3) is 0.444. The molecule has 4 saturated carbocycles. The van der Waals surface area contributed by atoms with Crippen LogP contribution in [0.25, 0.3) is 17.1 Å². The predicted molar refractivity (Wildman–Crippen MR) is 124 cm³/mol. The van der Waals surface area contributed by atoms with E-state index in [4.69, 9.17) is 4.74 Å². The first-order valence-electron chi connectivity index (χ1n) is 11.8. The van der Waals surface area contributed by atoms with Gasteiger partial charge in [0.25, 0.3) is 0 Å². The largest absolute Gasteiger partial charge is 0.496 e. The number of aromatic nitrogens is 3. The first-order chi connectivity index (χ1) is 15.6. The van der Waals surface area contributed by atoms with E-state index in [1.165, 1.54) is 19.3 Å². The number of ether oxygens (including phenoxy) is 1. The average molecular weight is 428 g/mol. The van der Waals surface area contributed by atoms with Crippen LogP contribution >= 0.6 is 0 Å². The lowest BCUT2D eigenvalue weighted by molar-refractivity contribution is -0.138. The standard InChI is InChI=1S/C27H29N3O2/c1-32-25-8-6-18(13-22(25)17-30-24-5-3-2-4-23(24)28-29-30)7-9-26(31)27-14-19-10-20(15-27)12-21(11-19)16-27/h2-9,13,19-21H,10-12,14-17H2,1H3. The molecule has 32 heavy (non-hydrogen) atoms. The Kier molecular flexibility index (Phi) is 4.67. The van der Waals surface area contributed by atoms with Gasteiger partial charge in [0.1, 0.15) is 11.3 Å². The summed E-state index contributed by atoms with van der Waals surface area (Å²) in [5.41, 5.74) is 3.83. The van der Waals surface area contributed by atoms with E-state index in [-0.39, 0.29) is 5.41 Å². The molecule has 0 N–H and O–H groups in total. The van der Waals surface area contributed by atoms with Crippen molar-refractivity contribution in [3.63, 3.8) is 0 Å². The highest BCUT2D eigenvalue weighted by Crippen LogP contribution is 2.60. The number of methoxy groups -OCH3 is 1. The number of rotatable bonds is 6. The molecule has 0 aliphatic heterocycles. The molecular formula is C27H29N3O2. The van der Waals surface area contributed by atoms with E-state index in [1.807, 2.05) is 53.2 Å². The SMILES string of the molecule is COc1ccc(C=CC(=O)C23CC4CC(CC(C4)C2)C3)cc1Cn1nnc2ccccc21. The first kappa shape index (κ1) is 19.7. The van der Waals surface area contributed by atoms with Crippen LogP contribution in [0.2, 0.25) is 0 Å². The molecule has 0 spiro atoms. The molecule has 1 heterocycles. The Balaban J connectivity index is 1.25. The lowest BCUT2D eigenvalue weighted by Gasteiger charge is -2.55. The van der Waals surface area contributed by atoms with Crippen LogP contribution in [-0.2, 0) is 11.3 Å². The van der Waals surface area contributed by atoms with E-state index >= 15 is 0 Å². The van der Waals surface area contributed by atoms with Gasteiger partial charge in [-0.25, -0.2) is 4.68 Å². The maximum Gasteiger partial charge on any atom is 0.161 e. The fourth-order valence-corrected chi connectivity index (χ4v) is 6.98. The van der Waals surface area contributed by atoms with Gasteiger partial charge in [0, 0.05) is 11.0 Å². The van der Waals surface area contributed by atoms with Crippen molar-refractivity contribution in [2.24, 2.45) is 23.2 Å². The zero-order valence-electron chi connectivity index (χ0n) is 18.5. The Morgan fingerprint density at radius 3 is 2.53 bits per heavy atom. The zero-order valence-corrected chi connectivity index (χ0v) is 18.5. The van der Waals surface area contributed by atoms with Gasteiger partial charge in [0.2, 0.25) is 0 Å². The van der Waals surface area contributed by atoms with Crippen LogP contribution in [0.1, 0.15) is 49.7 Å². The van der Waals surface area contributed by atoms with Crippen LogP contribution in [0.4, 0.5) is 0 Å². The number of benzene rings is 2. The minimum Gasteiger partial charge on any atom is -0.496 e. The number of para-hydroxylation sites is 1. The molecule has 4 fully saturated rings. The topological polar surface area (TPSA) is 57.0 Å². The molecule has 0 atom stereocenters. The van der Waals surface area contributed by atoms with Crippen molar-refractivity contribution in [3.8, 4) is 5.75 Å². The molecule has 3 aromatic rings. The first-order valence-corrected chi connectivity index (χ1v) is 11.8. The van der Waals surface area contributed by atoms with Gasteiger partial charge in [-0.1, -0.05) is 29.5 Å². The Morgan fingerprint density at radius 2 is 1.81 bits per heavy atom. The summed E-state index contributed by atoms with van der Waals surface area (Å²) in [4.78, 5) is 13.3. The molecule has 4 bridgehead atoms. The van der Waals surface area contributed by atoms with Crippen molar-refractivity contribution in [2.45, 2.75) is 45.1 Å². The molecular weight excluding hydrogens is 398 g/mol. The smallest absolute Gasteiger partial charge is 0.161 e. The second-order valence-electron chi connectivity index (χ2n) is 10.2. The van der Waals surface area contributed by atoms with Gasteiger partial charge < -0.3 is 4.74 Å². The summed E-state index contributed by atoms with van der Waals surface area (Å²) in [7, 11) is 1.68. The molecule has 4 aliphatic carbocycles. The van der Waals surface area contributed by atoms with Crippen LogP contribution in [-0.4, -0.2) is 27.9 Å². The maximum atomic E-state index is 13.3. The molecule has 4 aliphatic rings. The highest BCUT2D eigenvalue weighted by atomic mass is 16.5. The number of nitrogens with zero attached hydrogens (tertiary/aromatic N) is 3. The highest BCUT2D eigenvalue weighted by molar-refractivity contribution is 5.98. The normalized spacial score (nSPS) is 28.6. The van der Waals surface area contributed by atoms with Crippen LogP contribution < -0.4 is 4.74 Å². The summed E-state index contributed by atoms with van der Waals surface area (Å²) >= 11 is 0. The van der Waals surface area contributed by atoms with E-state index in [0.717, 1.165) is 64.9 Å². The van der Waals surface area contributed by atoms with E-state index < -0.39 is 0 Å². The quantitative estimate of drug-likeness (QED) is 0.502. The van der Waals surface area contributed by atoms with Crippen LogP contribution in [0, 0.1) is 23.2 Å². The van der Waals surface area contributed by atoms with Crippen LogP contribution in [0.3, 0.4) is 0 Å². The van der Waals surface area contributed by atoms with Gasteiger partial charge in [-0.15, -0.1) is 5.10 Å². The number of hydrogen-bond acceptors (Lipinski definition) is 4. The molecule has 7 rings (SSSR count). The van der Waals surface area contributed by atoms with E-state index in [1.54, 1.807) is 7.11 Å². The number of ketones is 1. The summed E-state index contributed by atoms with van der Waals surface area (Å²) in [6.07, 6.45) is 11.2. The summed E-state index contributed by atoms with van der Waals surface area (Å²) < 4.78 is 7.49. The van der Waals surface area contributed by atoms with Crippen molar-refractivity contribution in [3.05, 3.63) is 59.7 Å². The Labute approximate surface area is 188 Å². The molecule has 0 unspecified atom stereocenters. The fourth-order valence-electron chi connectivity index (χ4n) is 6.98. The predicted octanol–water partition coefficient (Wildman–Crippen LogP) is 5.29. The molecule has 5 nitrogen and oxygen atoms in total. The number of carbonyl (C=O) groups is 1. The Bertz CT molecular complexity index is 1170. The van der Waals surface area contributed by atoms with Crippen molar-refractivity contribution in [1.29, 1.82) is 0 Å². The average Bonchev–Trinajstić information content (AvgIpc) is 3.19. The third-order valence-electron chi connectivity index (χ3n) is 8.03. The zero-order chi connectivity index (χ0) is 21.7. The van der Waals surface area contributed by atoms with Gasteiger partial charge in [-0.05, 0) is 92.2 Å². The lowest BCUT2D eigenvalue weighted by atomic mass is 9.48. The monoisotopic (exact) mass is 427 g/mol. The number of allylic oxidation sites excluding steroid dienone is 1. The molecule has 0 amide bonds. The minimum atomic E-state index is -0.0831. The van der Waals surface area contributed by atoms with E-state index in [9.17, 15) is 4.79 Å². The van der Waals surface area contributed by atoms with Gasteiger partial charge in [0.15, 0.2) is 5.78 Å². The third-order valence-corrected chi connectivity index (χ3v) is 8.03. The summed E-state index contributed by atoms with van der Waals surface area (Å²) in [6.45, 7) is 0.564. The maximum absolute atomic E-state index is 13.3. The minimum absolute atomic E-state index is 0.0831. The van der Waals surface area contributed by atoms with Crippen molar-refractivity contribution in [1.82, 2.24) is 15.0 Å². The summed E-state index contributed by atoms with van der Waals surface area (Å²) in [5, 5.41) is 8.57. The van der Waals surface area contributed by atoms with Crippen molar-refractivity contribution in [2.75, 3.05) is 7.11 Å². The van der Waals surface area contributed by atoms with Crippen LogP contribution in [0.15, 0.2) is 48.5 Å². The van der Waals surface area contributed by atoms with Crippen LogP contribution in [0.5, 0.6) is 5.75 Å². The van der Waals surface area contributed by atoms with Gasteiger partial charge in [0.05, 0.1) is 19.2 Å². The van der Waals surface area contributed by atoms with E-state index in [2.05, 4.69) is 16.4 Å². The Morgan fingerprint density at radius 1 is 1.09 bits per heavy atom. The Hall–Kier alpha value is -2.95. The third kappa shape index (κ3) is 3.35. The number of fused-ring (bicyclic) bond motifs is 1. The molecule has 164 valence electrons. The molecule has 0 radical (unpaired) electrons. The van der Waals surface area contributed by atoms with E-state index in [0.29, 0.717) is 12.3 Å². The van der Waals surface area contributed by atoms with Gasteiger partial charge in [-0.3, -0.25) is 4.79 Å². The number of hydrogen-bond donors (Lipinski definition) is 0. The van der Waals surface area contributed by atoms with Gasteiger partial charge in [-0.2, -0.15) is 0 Å².